The molecule has 0 aromatic rings. The van der Waals surface area contributed by atoms with Crippen molar-refractivity contribution in [2.75, 3.05) is 13.2 Å². The van der Waals surface area contributed by atoms with E-state index >= 15 is 0 Å². The topological polar surface area (TPSA) is 189 Å². The molecule has 0 aromatic carbocycles. The molecule has 0 saturated carbocycles. The Morgan fingerprint density at radius 1 is 0.386 bits per heavy atom. The summed E-state index contributed by atoms with van der Waals surface area (Å²) in [5.74, 6) is -0.707. The Kier molecular flexibility index (Phi) is 62.2. The van der Waals surface area contributed by atoms with Crippen molar-refractivity contribution < 1.29 is 50.0 Å². The molecule has 1 fully saturated rings. The Bertz CT molecular complexity index is 1570. The van der Waals surface area contributed by atoms with E-state index in [2.05, 4.69) is 67.8 Å². The van der Waals surface area contributed by atoms with Crippen molar-refractivity contribution in [3.8, 4) is 0 Å². The van der Waals surface area contributed by atoms with E-state index in [4.69, 9.17) is 9.47 Å². The highest BCUT2D eigenvalue weighted by molar-refractivity contribution is 5.80. The lowest BCUT2D eigenvalue weighted by atomic mass is 9.98. The molecule has 0 aliphatic carbocycles. The van der Waals surface area contributed by atoms with Gasteiger partial charge in [-0.2, -0.15) is 0 Å². The predicted octanol–water partition coefficient (Wildman–Crippen LogP) is 19.1. The van der Waals surface area contributed by atoms with Gasteiger partial charge in [0, 0.05) is 0 Å². The lowest BCUT2D eigenvalue weighted by molar-refractivity contribution is -0.303. The highest BCUT2D eigenvalue weighted by atomic mass is 16.7. The molecule has 0 spiro atoms. The maximum absolute atomic E-state index is 13.3. The molecule has 11 nitrogen and oxygen atoms in total. The highest BCUT2D eigenvalue weighted by Gasteiger charge is 2.44. The number of carbonyl (C=O) groups excluding carboxylic acids is 1. The van der Waals surface area contributed by atoms with Gasteiger partial charge < -0.3 is 50.5 Å². The smallest absolute Gasteiger partial charge is 0.249 e. The standard InChI is InChI=1S/C77H145NO10/c1-3-5-7-9-11-13-15-17-19-21-23-25-27-29-31-33-34-35-37-39-41-43-45-47-49-51-53-55-57-59-61-63-65-70(81)76(86)78-68(67-87-77-75(85)74(84)73(83)71(66-79)88-77)72(82)69(80)64-62-60-58-56-54-52-50-48-46-44-42-40-38-36-32-30-28-26-24-22-20-18-16-14-12-10-8-6-4-2/h29,31,40,42,48,50,56,58,68-75,77,79-85H,3-28,30,32-39,41,43-47,49,51-55,57,59-67H2,1-2H3,(H,78,86)/b31-29-,42-40+,50-48+,58-56+. The molecule has 0 bridgehead atoms. The number of ether oxygens (including phenoxy) is 2. The molecule has 0 radical (unpaired) electrons. The molecule has 518 valence electrons. The van der Waals surface area contributed by atoms with Gasteiger partial charge in [0.15, 0.2) is 6.29 Å². The molecule has 1 aliphatic rings. The summed E-state index contributed by atoms with van der Waals surface area (Å²) < 4.78 is 11.2. The number of aliphatic hydroxyl groups is 7. The largest absolute Gasteiger partial charge is 0.394 e. The van der Waals surface area contributed by atoms with Crippen molar-refractivity contribution in [1.29, 1.82) is 0 Å². The van der Waals surface area contributed by atoms with Gasteiger partial charge in [-0.05, 0) is 89.9 Å². The normalized spacial score (nSPS) is 18.9. The maximum atomic E-state index is 13.3. The molecule has 1 heterocycles. The van der Waals surface area contributed by atoms with E-state index in [1.54, 1.807) is 0 Å². The van der Waals surface area contributed by atoms with Gasteiger partial charge >= 0.3 is 0 Å². The van der Waals surface area contributed by atoms with E-state index in [1.807, 2.05) is 0 Å². The van der Waals surface area contributed by atoms with Gasteiger partial charge in [-0.3, -0.25) is 4.79 Å². The molecule has 8 N–H and O–H groups in total. The minimum Gasteiger partial charge on any atom is -0.394 e. The molecule has 1 amide bonds. The third-order valence-corrected chi connectivity index (χ3v) is 18.3. The number of nitrogens with one attached hydrogen (secondary N) is 1. The number of unbranched alkanes of at least 4 members (excludes halogenated alkanes) is 47. The van der Waals surface area contributed by atoms with Crippen LogP contribution in [0, 0.1) is 0 Å². The van der Waals surface area contributed by atoms with Crippen molar-refractivity contribution in [1.82, 2.24) is 5.32 Å². The van der Waals surface area contributed by atoms with Crippen molar-refractivity contribution in [2.45, 2.75) is 422 Å². The van der Waals surface area contributed by atoms with E-state index in [0.29, 0.717) is 19.3 Å². The SMILES string of the molecule is CCCCCCCCCCCCCC/C=C\CCCCCCCCCCCCCCCCCCC(O)C(=O)NC(COC1OC(CO)C(O)C(O)C1O)C(O)C(O)CCC/C=C/CC/C=C/CC/C=C/CCCCCCCCCCCCCCCCCC. The summed E-state index contributed by atoms with van der Waals surface area (Å²) in [7, 11) is 0. The first-order valence-corrected chi connectivity index (χ1v) is 38.0. The summed E-state index contributed by atoms with van der Waals surface area (Å²) in [4.78, 5) is 13.3. The van der Waals surface area contributed by atoms with Crippen LogP contribution in [-0.4, -0.2) is 110 Å². The molecule has 9 atom stereocenters. The summed E-state index contributed by atoms with van der Waals surface area (Å²) in [6.07, 6.45) is 75.0. The fourth-order valence-corrected chi connectivity index (χ4v) is 12.2. The first-order chi connectivity index (χ1) is 43.2. The van der Waals surface area contributed by atoms with Gasteiger partial charge in [0.1, 0.15) is 36.6 Å². The average Bonchev–Trinajstić information content (AvgIpc) is 3.73. The van der Waals surface area contributed by atoms with Crippen LogP contribution in [0.1, 0.15) is 367 Å². The van der Waals surface area contributed by atoms with Gasteiger partial charge in [-0.1, -0.05) is 326 Å². The second kappa shape index (κ2) is 65.1. The summed E-state index contributed by atoms with van der Waals surface area (Å²) >= 11 is 0. The number of amides is 1. The molecule has 9 unspecified atom stereocenters. The monoisotopic (exact) mass is 1240 g/mol. The number of aliphatic hydroxyl groups excluding tert-OH is 7. The fraction of sp³-hybridized carbons (Fsp3) is 0.883. The minimum absolute atomic E-state index is 0.242. The fourth-order valence-electron chi connectivity index (χ4n) is 12.2. The second-order valence-electron chi connectivity index (χ2n) is 26.7. The van der Waals surface area contributed by atoms with Gasteiger partial charge in [-0.15, -0.1) is 0 Å². The summed E-state index contributed by atoms with van der Waals surface area (Å²) in [5, 5.41) is 76.6. The molecule has 1 rings (SSSR count). The molecule has 1 saturated heterocycles. The molecule has 0 aromatic heterocycles. The van der Waals surface area contributed by atoms with Crippen LogP contribution in [0.2, 0.25) is 0 Å². The molecule has 11 heteroatoms. The van der Waals surface area contributed by atoms with Crippen molar-refractivity contribution in [3.05, 3.63) is 48.6 Å². The summed E-state index contributed by atoms with van der Waals surface area (Å²) in [5.41, 5.74) is 0. The Balaban J connectivity index is 2.20. The zero-order valence-electron chi connectivity index (χ0n) is 57.5. The maximum Gasteiger partial charge on any atom is 0.249 e. The second-order valence-corrected chi connectivity index (χ2v) is 26.7. The molecule has 88 heavy (non-hydrogen) atoms. The predicted molar refractivity (Wildman–Crippen MR) is 372 cm³/mol. The number of allylic oxidation sites excluding steroid dienone is 8. The third kappa shape index (κ3) is 51.6. The van der Waals surface area contributed by atoms with Crippen LogP contribution in [0.15, 0.2) is 48.6 Å². The number of hydrogen-bond donors (Lipinski definition) is 8. The van der Waals surface area contributed by atoms with E-state index in [-0.39, 0.29) is 12.8 Å². The Morgan fingerprint density at radius 2 is 0.682 bits per heavy atom. The highest BCUT2D eigenvalue weighted by Crippen LogP contribution is 2.24. The number of rotatable bonds is 67. The Labute approximate surface area is 542 Å². The summed E-state index contributed by atoms with van der Waals surface area (Å²) in [6, 6.07) is -1.20. The average molecular weight is 1250 g/mol. The Morgan fingerprint density at radius 3 is 1.01 bits per heavy atom. The third-order valence-electron chi connectivity index (χ3n) is 18.3. The van der Waals surface area contributed by atoms with Crippen LogP contribution in [0.3, 0.4) is 0 Å². The van der Waals surface area contributed by atoms with Crippen LogP contribution in [0.5, 0.6) is 0 Å². The van der Waals surface area contributed by atoms with Crippen molar-refractivity contribution >= 4 is 5.91 Å². The van der Waals surface area contributed by atoms with Gasteiger partial charge in [0.05, 0.1) is 25.4 Å². The van der Waals surface area contributed by atoms with Gasteiger partial charge in [0.2, 0.25) is 5.91 Å². The van der Waals surface area contributed by atoms with E-state index in [1.165, 1.54) is 276 Å². The molecule has 1 aliphatic heterocycles. The van der Waals surface area contributed by atoms with E-state index in [0.717, 1.165) is 44.9 Å². The minimum atomic E-state index is -1.68. The lowest BCUT2D eigenvalue weighted by Crippen LogP contribution is -2.60. The molecular weight excluding hydrogens is 1100 g/mol. The molecular formula is C77H145NO10. The zero-order chi connectivity index (χ0) is 63.9. The van der Waals surface area contributed by atoms with Crippen LogP contribution < -0.4 is 5.32 Å². The van der Waals surface area contributed by atoms with Gasteiger partial charge in [-0.25, -0.2) is 0 Å². The van der Waals surface area contributed by atoms with Crippen LogP contribution in [0.4, 0.5) is 0 Å². The van der Waals surface area contributed by atoms with Gasteiger partial charge in [0.25, 0.3) is 0 Å². The number of carbonyl (C=O) groups is 1. The van der Waals surface area contributed by atoms with Crippen LogP contribution in [-0.2, 0) is 14.3 Å². The van der Waals surface area contributed by atoms with Crippen LogP contribution in [0.25, 0.3) is 0 Å². The zero-order valence-corrected chi connectivity index (χ0v) is 57.5. The van der Waals surface area contributed by atoms with Crippen molar-refractivity contribution in [3.63, 3.8) is 0 Å². The first kappa shape index (κ1) is 84.1. The van der Waals surface area contributed by atoms with Crippen molar-refractivity contribution in [2.24, 2.45) is 0 Å². The van der Waals surface area contributed by atoms with Crippen LogP contribution >= 0.6 is 0 Å². The Hall–Kier alpha value is -1.93. The van der Waals surface area contributed by atoms with E-state index < -0.39 is 74.2 Å². The van der Waals surface area contributed by atoms with E-state index in [9.17, 15) is 40.5 Å². The first-order valence-electron chi connectivity index (χ1n) is 38.0. The number of hydrogen-bond acceptors (Lipinski definition) is 10. The lowest BCUT2D eigenvalue weighted by Gasteiger charge is -2.40. The quantitative estimate of drug-likeness (QED) is 0.0215. The summed E-state index contributed by atoms with van der Waals surface area (Å²) in [6.45, 7) is 3.49.